The lowest BCUT2D eigenvalue weighted by molar-refractivity contribution is -0.140. The molecule has 4 heterocycles. The van der Waals surface area contributed by atoms with E-state index in [4.69, 9.17) is 4.74 Å². The molecule has 0 N–H and O–H groups in total. The number of carbonyl (C=O) groups is 1. The van der Waals surface area contributed by atoms with Crippen molar-refractivity contribution in [1.29, 1.82) is 0 Å². The fourth-order valence-corrected chi connectivity index (χ4v) is 4.98. The van der Waals surface area contributed by atoms with E-state index in [9.17, 15) is 9.18 Å². The summed E-state index contributed by atoms with van der Waals surface area (Å²) in [6.07, 6.45) is 2.35. The summed E-state index contributed by atoms with van der Waals surface area (Å²) in [6, 6.07) is 7.49. The monoisotopic (exact) mass is 332 g/mol. The topological polar surface area (TPSA) is 32.8 Å². The number of fused-ring (bicyclic) bond motifs is 2. The van der Waals surface area contributed by atoms with E-state index in [1.165, 1.54) is 25.0 Å². The van der Waals surface area contributed by atoms with Crippen molar-refractivity contribution < 1.29 is 13.9 Å². The van der Waals surface area contributed by atoms with Gasteiger partial charge in [0.05, 0.1) is 6.04 Å². The second-order valence-electron chi connectivity index (χ2n) is 7.20. The summed E-state index contributed by atoms with van der Waals surface area (Å²) in [7, 11) is 0. The predicted octanol–water partition coefficient (Wildman–Crippen LogP) is 2.25. The van der Waals surface area contributed by atoms with Crippen LogP contribution in [0.25, 0.3) is 0 Å². The molecule has 24 heavy (non-hydrogen) atoms. The molecule has 4 fully saturated rings. The normalized spacial score (nSPS) is 34.4. The van der Waals surface area contributed by atoms with Gasteiger partial charge >= 0.3 is 0 Å². The molecule has 2 bridgehead atoms. The van der Waals surface area contributed by atoms with Crippen LogP contribution in [0.15, 0.2) is 24.3 Å². The van der Waals surface area contributed by atoms with Crippen LogP contribution in [0.3, 0.4) is 0 Å². The highest BCUT2D eigenvalue weighted by Crippen LogP contribution is 2.46. The number of carbonyl (C=O) groups excluding carboxylic acids is 1. The van der Waals surface area contributed by atoms with E-state index in [1.54, 1.807) is 0 Å². The number of rotatable bonds is 4. The van der Waals surface area contributed by atoms with Gasteiger partial charge in [-0.2, -0.15) is 0 Å². The van der Waals surface area contributed by atoms with Gasteiger partial charge in [0.25, 0.3) is 0 Å². The number of nitrogens with zero attached hydrogens (tertiary/aromatic N) is 2. The maximum absolute atomic E-state index is 13.3. The van der Waals surface area contributed by atoms with Crippen LogP contribution in [-0.2, 0) is 9.53 Å². The van der Waals surface area contributed by atoms with Gasteiger partial charge < -0.3 is 9.64 Å². The molecule has 1 amide bonds. The molecule has 0 saturated carbocycles. The quantitative estimate of drug-likeness (QED) is 0.848. The molecule has 1 aromatic carbocycles. The third-order valence-corrected chi connectivity index (χ3v) is 6.04. The fraction of sp³-hybridized carbons (Fsp3) is 0.632. The standard InChI is InChI=1S/C19H25FN2O2/c1-2-24-12-17(23)22-11-16(13-3-5-15(20)6-4-13)19-18(22)14-7-9-21(19)10-8-14/h3-6,14,16,18-19H,2,7-12H2,1H3/t16-,18+,19+/m1/s1. The second-order valence-corrected chi connectivity index (χ2v) is 7.20. The first kappa shape index (κ1) is 16.0. The number of hydrogen-bond donors (Lipinski definition) is 0. The molecule has 0 spiro atoms. The molecule has 5 rings (SSSR count). The Bertz CT molecular complexity index is 598. The van der Waals surface area contributed by atoms with Crippen molar-refractivity contribution >= 4 is 5.91 Å². The number of halogens is 1. The Hall–Kier alpha value is -1.46. The Morgan fingerprint density at radius 1 is 1.21 bits per heavy atom. The van der Waals surface area contributed by atoms with Crippen LogP contribution in [0, 0.1) is 11.7 Å². The third kappa shape index (κ3) is 2.64. The van der Waals surface area contributed by atoms with E-state index in [0.717, 1.165) is 25.2 Å². The molecule has 5 heteroatoms. The highest BCUT2D eigenvalue weighted by molar-refractivity contribution is 5.78. The predicted molar refractivity (Wildman–Crippen MR) is 89.2 cm³/mol. The van der Waals surface area contributed by atoms with Gasteiger partial charge in [-0.25, -0.2) is 4.39 Å². The van der Waals surface area contributed by atoms with Gasteiger partial charge in [0.1, 0.15) is 12.4 Å². The van der Waals surface area contributed by atoms with Crippen molar-refractivity contribution in [3.8, 4) is 0 Å². The lowest BCUT2D eigenvalue weighted by atomic mass is 9.75. The van der Waals surface area contributed by atoms with Gasteiger partial charge in [-0.05, 0) is 56.5 Å². The average Bonchev–Trinajstić information content (AvgIpc) is 3.04. The van der Waals surface area contributed by atoms with E-state index in [2.05, 4.69) is 9.80 Å². The summed E-state index contributed by atoms with van der Waals surface area (Å²) in [5, 5.41) is 0. The highest BCUT2D eigenvalue weighted by Gasteiger charge is 2.54. The zero-order valence-corrected chi connectivity index (χ0v) is 14.2. The third-order valence-electron chi connectivity index (χ3n) is 6.04. The van der Waals surface area contributed by atoms with Crippen molar-refractivity contribution in [3.05, 3.63) is 35.6 Å². The first-order valence-electron chi connectivity index (χ1n) is 9.05. The van der Waals surface area contributed by atoms with E-state index in [1.807, 2.05) is 19.1 Å². The number of benzene rings is 1. The maximum Gasteiger partial charge on any atom is 0.248 e. The molecule has 0 unspecified atom stereocenters. The lowest BCUT2D eigenvalue weighted by Gasteiger charge is -2.51. The summed E-state index contributed by atoms with van der Waals surface area (Å²) < 4.78 is 18.7. The van der Waals surface area contributed by atoms with E-state index in [0.29, 0.717) is 18.6 Å². The molecule has 130 valence electrons. The van der Waals surface area contributed by atoms with Crippen molar-refractivity contribution in [2.75, 3.05) is 32.8 Å². The Labute approximate surface area is 142 Å². The Morgan fingerprint density at radius 3 is 2.58 bits per heavy atom. The van der Waals surface area contributed by atoms with Crippen LogP contribution in [0.5, 0.6) is 0 Å². The van der Waals surface area contributed by atoms with Gasteiger partial charge in [-0.1, -0.05) is 12.1 Å². The Kier molecular flexibility index (Phi) is 4.31. The van der Waals surface area contributed by atoms with Crippen molar-refractivity contribution in [1.82, 2.24) is 9.80 Å². The van der Waals surface area contributed by atoms with Gasteiger partial charge in [0.15, 0.2) is 0 Å². The van der Waals surface area contributed by atoms with Gasteiger partial charge in [0.2, 0.25) is 5.91 Å². The summed E-state index contributed by atoms with van der Waals surface area (Å²) in [6.45, 7) is 5.61. The van der Waals surface area contributed by atoms with E-state index < -0.39 is 0 Å². The van der Waals surface area contributed by atoms with Crippen LogP contribution in [0.1, 0.15) is 31.2 Å². The molecule has 4 aliphatic rings. The molecule has 0 aliphatic carbocycles. The molecule has 1 aromatic rings. The first-order chi connectivity index (χ1) is 11.7. The molecule has 4 aliphatic heterocycles. The van der Waals surface area contributed by atoms with Crippen LogP contribution < -0.4 is 0 Å². The van der Waals surface area contributed by atoms with Gasteiger partial charge in [-0.3, -0.25) is 9.69 Å². The van der Waals surface area contributed by atoms with Crippen molar-refractivity contribution in [2.45, 2.75) is 37.8 Å². The summed E-state index contributed by atoms with van der Waals surface area (Å²) in [5.74, 6) is 0.758. The SMILES string of the molecule is CCOCC(=O)N1C[C@H](c2ccc(F)cc2)[C@H]2[C@@H]1C1CCN2CC1. The number of ether oxygens (including phenoxy) is 1. The summed E-state index contributed by atoms with van der Waals surface area (Å²) in [4.78, 5) is 17.3. The second kappa shape index (κ2) is 6.45. The molecule has 0 radical (unpaired) electrons. The van der Waals surface area contributed by atoms with Crippen LogP contribution in [-0.4, -0.2) is 60.6 Å². The van der Waals surface area contributed by atoms with Crippen molar-refractivity contribution in [3.63, 3.8) is 0 Å². The minimum atomic E-state index is -0.206. The van der Waals surface area contributed by atoms with Crippen molar-refractivity contribution in [2.24, 2.45) is 5.92 Å². The van der Waals surface area contributed by atoms with E-state index >= 15 is 0 Å². The lowest BCUT2D eigenvalue weighted by Crippen LogP contribution is -2.61. The summed E-state index contributed by atoms with van der Waals surface area (Å²) >= 11 is 0. The minimum Gasteiger partial charge on any atom is -0.372 e. The zero-order chi connectivity index (χ0) is 16.7. The molecular formula is C19H25FN2O2. The zero-order valence-electron chi connectivity index (χ0n) is 14.2. The van der Waals surface area contributed by atoms with Crippen LogP contribution >= 0.6 is 0 Å². The molecule has 4 nitrogen and oxygen atoms in total. The van der Waals surface area contributed by atoms with Crippen LogP contribution in [0.4, 0.5) is 4.39 Å². The minimum absolute atomic E-state index is 0.102. The number of piperidine rings is 3. The van der Waals surface area contributed by atoms with E-state index in [-0.39, 0.29) is 30.3 Å². The maximum atomic E-state index is 13.3. The molecule has 3 atom stereocenters. The largest absolute Gasteiger partial charge is 0.372 e. The van der Waals surface area contributed by atoms with Crippen LogP contribution in [0.2, 0.25) is 0 Å². The molecule has 4 saturated heterocycles. The number of hydrogen-bond acceptors (Lipinski definition) is 3. The Balaban J connectivity index is 1.63. The first-order valence-corrected chi connectivity index (χ1v) is 9.05. The number of amides is 1. The van der Waals surface area contributed by atoms with Gasteiger partial charge in [-0.15, -0.1) is 0 Å². The average molecular weight is 332 g/mol. The molecular weight excluding hydrogens is 307 g/mol. The molecule has 0 aromatic heterocycles. The van der Waals surface area contributed by atoms with Gasteiger partial charge in [0, 0.05) is 25.1 Å². The highest BCUT2D eigenvalue weighted by atomic mass is 19.1. The Morgan fingerprint density at radius 2 is 1.92 bits per heavy atom. The smallest absolute Gasteiger partial charge is 0.248 e. The number of likely N-dealkylation sites (tertiary alicyclic amines) is 1. The fourth-order valence-electron chi connectivity index (χ4n) is 4.98. The summed E-state index contributed by atoms with van der Waals surface area (Å²) in [5.41, 5.74) is 1.14.